The molecule has 31 heavy (non-hydrogen) atoms. The number of carbonyl (C=O) groups is 1. The highest BCUT2D eigenvalue weighted by molar-refractivity contribution is 6.02. The van der Waals surface area contributed by atoms with Crippen molar-refractivity contribution in [1.82, 2.24) is 4.98 Å². The lowest BCUT2D eigenvalue weighted by Gasteiger charge is -2.50. The van der Waals surface area contributed by atoms with Gasteiger partial charge in [-0.3, -0.25) is 4.79 Å². The number of nitrogens with zero attached hydrogens (tertiary/aromatic N) is 2. The third kappa shape index (κ3) is 3.30. The molecule has 1 saturated carbocycles. The van der Waals surface area contributed by atoms with Crippen molar-refractivity contribution in [2.75, 3.05) is 11.9 Å². The van der Waals surface area contributed by atoms with E-state index in [4.69, 9.17) is 10.5 Å². The Morgan fingerprint density at radius 2 is 1.94 bits per heavy atom. The number of benzene rings is 1. The van der Waals surface area contributed by atoms with Crippen molar-refractivity contribution in [3.8, 4) is 0 Å². The lowest BCUT2D eigenvalue weighted by molar-refractivity contribution is -0.211. The van der Waals surface area contributed by atoms with Crippen LogP contribution in [0.4, 0.5) is 23.2 Å². The molecule has 6 nitrogen and oxygen atoms in total. The van der Waals surface area contributed by atoms with E-state index in [-0.39, 0.29) is 30.8 Å². The highest BCUT2D eigenvalue weighted by Crippen LogP contribution is 2.61. The van der Waals surface area contributed by atoms with Crippen LogP contribution in [0.2, 0.25) is 0 Å². The average Bonchev–Trinajstić information content (AvgIpc) is 2.76. The number of ether oxygens (including phenoxy) is 1. The van der Waals surface area contributed by atoms with E-state index in [2.05, 4.69) is 15.3 Å². The number of rotatable bonds is 3. The van der Waals surface area contributed by atoms with Gasteiger partial charge in [-0.05, 0) is 50.1 Å². The molecule has 164 valence electrons. The van der Waals surface area contributed by atoms with Crippen molar-refractivity contribution in [3.63, 3.8) is 0 Å². The molecule has 4 rings (SSSR count). The van der Waals surface area contributed by atoms with Crippen LogP contribution in [0, 0.1) is 17.0 Å². The normalized spacial score (nSPS) is 23.8. The predicted molar refractivity (Wildman–Crippen MR) is 105 cm³/mol. The molecule has 1 aliphatic heterocycles. The maximum atomic E-state index is 15.8. The molecule has 1 unspecified atom stereocenters. The predicted octanol–water partition coefficient (Wildman–Crippen LogP) is 3.98. The molecule has 2 aliphatic rings. The lowest BCUT2D eigenvalue weighted by Crippen LogP contribution is -2.58. The van der Waals surface area contributed by atoms with Crippen LogP contribution < -0.4 is 11.1 Å². The molecule has 2 heterocycles. The number of hydrogen-bond acceptors (Lipinski definition) is 5. The molecule has 1 fully saturated rings. The Balaban J connectivity index is 1.73. The Labute approximate surface area is 175 Å². The van der Waals surface area contributed by atoms with Crippen LogP contribution >= 0.6 is 0 Å². The van der Waals surface area contributed by atoms with E-state index >= 15 is 8.78 Å². The van der Waals surface area contributed by atoms with E-state index in [0.717, 1.165) is 31.3 Å². The summed E-state index contributed by atoms with van der Waals surface area (Å²) in [4.78, 5) is 19.9. The highest BCUT2D eigenvalue weighted by atomic mass is 19.3. The van der Waals surface area contributed by atoms with E-state index in [1.54, 1.807) is 0 Å². The summed E-state index contributed by atoms with van der Waals surface area (Å²) in [7, 11) is 0. The van der Waals surface area contributed by atoms with Crippen LogP contribution in [-0.2, 0) is 10.3 Å². The molecule has 10 heteroatoms. The van der Waals surface area contributed by atoms with Crippen molar-refractivity contribution < 1.29 is 27.1 Å². The van der Waals surface area contributed by atoms with Crippen molar-refractivity contribution in [1.29, 1.82) is 0 Å². The fourth-order valence-electron chi connectivity index (χ4n) is 4.11. The SMILES string of the molecule is CC1(c2cc(NC(=O)c3ccc(F)cn3)ccc2F)N=C(N)OCC2(CCC2)C1(F)F. The lowest BCUT2D eigenvalue weighted by atomic mass is 9.59. The Morgan fingerprint density at radius 3 is 2.55 bits per heavy atom. The first-order valence-corrected chi connectivity index (χ1v) is 9.67. The van der Waals surface area contributed by atoms with E-state index in [1.165, 1.54) is 12.1 Å². The van der Waals surface area contributed by atoms with E-state index < -0.39 is 46.0 Å². The van der Waals surface area contributed by atoms with Gasteiger partial charge < -0.3 is 15.8 Å². The van der Waals surface area contributed by atoms with Gasteiger partial charge in [-0.25, -0.2) is 27.5 Å². The molecule has 1 aromatic carbocycles. The van der Waals surface area contributed by atoms with Crippen LogP contribution in [0.25, 0.3) is 0 Å². The van der Waals surface area contributed by atoms with E-state index in [9.17, 15) is 13.6 Å². The van der Waals surface area contributed by atoms with Crippen LogP contribution in [0.1, 0.15) is 42.2 Å². The molecule has 1 aromatic heterocycles. The minimum atomic E-state index is -3.47. The molecule has 3 N–H and O–H groups in total. The van der Waals surface area contributed by atoms with Crippen molar-refractivity contribution >= 4 is 17.6 Å². The molecule has 1 aliphatic carbocycles. The number of anilines is 1. The van der Waals surface area contributed by atoms with Gasteiger partial charge in [0.25, 0.3) is 17.9 Å². The summed E-state index contributed by atoms with van der Waals surface area (Å²) in [5.41, 5.74) is 1.35. The number of nitrogens with two attached hydrogens (primary N) is 1. The van der Waals surface area contributed by atoms with Crippen LogP contribution in [-0.4, -0.2) is 29.4 Å². The number of aliphatic imine (C=N–C) groups is 1. The van der Waals surface area contributed by atoms with Crippen LogP contribution in [0.3, 0.4) is 0 Å². The maximum Gasteiger partial charge on any atom is 0.285 e. The topological polar surface area (TPSA) is 89.6 Å². The van der Waals surface area contributed by atoms with Crippen molar-refractivity contribution in [2.24, 2.45) is 16.1 Å². The van der Waals surface area contributed by atoms with E-state index in [0.29, 0.717) is 6.42 Å². The fourth-order valence-corrected chi connectivity index (χ4v) is 4.11. The van der Waals surface area contributed by atoms with Gasteiger partial charge in [-0.1, -0.05) is 6.42 Å². The largest absolute Gasteiger partial charge is 0.465 e. The molecule has 2 aromatic rings. The Bertz CT molecular complexity index is 1050. The minimum absolute atomic E-state index is 0.0474. The Morgan fingerprint density at radius 1 is 1.19 bits per heavy atom. The Kier molecular flexibility index (Phi) is 4.90. The van der Waals surface area contributed by atoms with Gasteiger partial charge in [0, 0.05) is 11.3 Å². The summed E-state index contributed by atoms with van der Waals surface area (Å²) >= 11 is 0. The zero-order valence-electron chi connectivity index (χ0n) is 16.6. The molecule has 0 radical (unpaired) electrons. The van der Waals surface area contributed by atoms with Gasteiger partial charge in [0.2, 0.25) is 0 Å². The highest BCUT2D eigenvalue weighted by Gasteiger charge is 2.69. The molecule has 1 atom stereocenters. The second-order valence-corrected chi connectivity index (χ2v) is 8.03. The number of aromatic nitrogens is 1. The maximum absolute atomic E-state index is 15.8. The first kappa shape index (κ1) is 21.1. The summed E-state index contributed by atoms with van der Waals surface area (Å²) in [5.74, 6) is -5.72. The van der Waals surface area contributed by atoms with Crippen LogP contribution in [0.15, 0.2) is 41.5 Å². The summed E-state index contributed by atoms with van der Waals surface area (Å²) in [6.45, 7) is 0.805. The summed E-state index contributed by atoms with van der Waals surface area (Å²) in [6, 6.07) is 5.06. The number of amidine groups is 1. The van der Waals surface area contributed by atoms with Crippen LogP contribution in [0.5, 0.6) is 0 Å². The standard InChI is InChI=1S/C21H20F4N4O2/c1-19(21(24,25)20(7-2-8-20)11-31-18(26)29-19)14-9-13(4-5-15(14)23)28-17(30)16-6-3-12(22)10-27-16/h3-6,9-10H,2,7-8,11H2,1H3,(H2,26,29)(H,28,30). The van der Waals surface area contributed by atoms with Crippen molar-refractivity contribution in [2.45, 2.75) is 37.6 Å². The molecular formula is C21H20F4N4O2. The number of nitrogens with one attached hydrogen (secondary N) is 1. The van der Waals surface area contributed by atoms with E-state index in [1.807, 2.05) is 0 Å². The molecule has 0 bridgehead atoms. The summed E-state index contributed by atoms with van der Waals surface area (Å²) in [5, 5.41) is 2.46. The number of halogens is 4. The minimum Gasteiger partial charge on any atom is -0.465 e. The number of carbonyl (C=O) groups excluding carboxylic acids is 1. The smallest absolute Gasteiger partial charge is 0.285 e. The zero-order valence-corrected chi connectivity index (χ0v) is 16.6. The fraction of sp³-hybridized carbons (Fsp3) is 0.381. The summed E-state index contributed by atoms with van der Waals surface area (Å²) in [6.07, 6.45) is 1.87. The second-order valence-electron chi connectivity index (χ2n) is 8.03. The van der Waals surface area contributed by atoms with Gasteiger partial charge in [-0.15, -0.1) is 0 Å². The summed E-state index contributed by atoms with van der Waals surface area (Å²) < 4.78 is 64.7. The van der Waals surface area contributed by atoms with Gasteiger partial charge >= 0.3 is 0 Å². The average molecular weight is 436 g/mol. The molecular weight excluding hydrogens is 416 g/mol. The Hall–Kier alpha value is -3.17. The molecule has 0 saturated heterocycles. The van der Waals surface area contributed by atoms with Gasteiger partial charge in [0.05, 0.1) is 11.6 Å². The quantitative estimate of drug-likeness (QED) is 0.713. The number of alkyl halides is 2. The monoisotopic (exact) mass is 436 g/mol. The molecule has 1 spiro atoms. The first-order valence-electron chi connectivity index (χ1n) is 9.67. The van der Waals surface area contributed by atoms with Gasteiger partial charge in [0.1, 0.15) is 23.9 Å². The number of pyridine rings is 1. The zero-order chi connectivity index (χ0) is 22.4. The third-order valence-electron chi connectivity index (χ3n) is 6.13. The first-order chi connectivity index (χ1) is 14.6. The number of amides is 1. The van der Waals surface area contributed by atoms with Gasteiger partial charge in [-0.2, -0.15) is 0 Å². The number of hydrogen-bond donors (Lipinski definition) is 2. The second kappa shape index (κ2) is 7.21. The van der Waals surface area contributed by atoms with Gasteiger partial charge in [0.15, 0.2) is 5.54 Å². The third-order valence-corrected chi connectivity index (χ3v) is 6.13. The van der Waals surface area contributed by atoms with Crippen molar-refractivity contribution in [3.05, 3.63) is 59.4 Å². The molecule has 1 amide bonds.